The minimum absolute atomic E-state index is 0.0938. The molecule has 0 saturated heterocycles. The van der Waals surface area contributed by atoms with Gasteiger partial charge < -0.3 is 9.73 Å². The van der Waals surface area contributed by atoms with Gasteiger partial charge in [-0.25, -0.2) is 4.98 Å². The molecule has 0 fully saturated rings. The first-order chi connectivity index (χ1) is 15.6. The van der Waals surface area contributed by atoms with E-state index in [0.29, 0.717) is 39.0 Å². The molecule has 1 heterocycles. The maximum atomic E-state index is 12.4. The van der Waals surface area contributed by atoms with Crippen molar-refractivity contribution >= 4 is 35.1 Å². The molecule has 1 aromatic heterocycles. The van der Waals surface area contributed by atoms with Gasteiger partial charge in [-0.15, -0.1) is 0 Å². The number of nitrogens with zero attached hydrogens (tertiary/aromatic N) is 1. The molecule has 0 radical (unpaired) electrons. The van der Waals surface area contributed by atoms with Gasteiger partial charge in [0.1, 0.15) is 5.69 Å². The van der Waals surface area contributed by atoms with Gasteiger partial charge in [0, 0.05) is 21.7 Å². The molecule has 4 rings (SSSR count). The Morgan fingerprint density at radius 1 is 0.906 bits per heavy atom. The van der Waals surface area contributed by atoms with Crippen LogP contribution in [0.5, 0.6) is 0 Å². The SMILES string of the molecule is O=C(CSc1nc(-c2ccccc2)c(-c2ccccc2)o1)Nc1ccc(SC(F)F)cc1. The molecule has 0 aliphatic rings. The summed E-state index contributed by atoms with van der Waals surface area (Å²) >= 11 is 1.65. The number of hydrogen-bond donors (Lipinski definition) is 1. The number of anilines is 1. The van der Waals surface area contributed by atoms with Crippen LogP contribution < -0.4 is 5.32 Å². The van der Waals surface area contributed by atoms with E-state index in [1.165, 1.54) is 11.8 Å². The first-order valence-electron chi connectivity index (χ1n) is 9.67. The lowest BCUT2D eigenvalue weighted by molar-refractivity contribution is -0.113. The fourth-order valence-electron chi connectivity index (χ4n) is 2.98. The van der Waals surface area contributed by atoms with Crippen LogP contribution in [0.15, 0.2) is 99.5 Å². The number of oxazole rings is 1. The maximum Gasteiger partial charge on any atom is 0.288 e. The molecule has 0 aliphatic heterocycles. The van der Waals surface area contributed by atoms with E-state index in [1.807, 2.05) is 60.7 Å². The predicted octanol–water partition coefficient (Wildman–Crippen LogP) is 7.05. The largest absolute Gasteiger partial charge is 0.431 e. The molecule has 8 heteroatoms. The van der Waals surface area contributed by atoms with Crippen molar-refractivity contribution in [1.82, 2.24) is 4.98 Å². The Morgan fingerprint density at radius 3 is 2.16 bits per heavy atom. The third kappa shape index (κ3) is 5.77. The Balaban J connectivity index is 1.45. The van der Waals surface area contributed by atoms with Crippen LogP contribution in [-0.4, -0.2) is 22.4 Å². The van der Waals surface area contributed by atoms with Crippen molar-refractivity contribution in [3.8, 4) is 22.6 Å². The molecule has 1 N–H and O–H groups in total. The molecule has 1 amide bonds. The standard InChI is InChI=1S/C24H18F2N2O2S2/c25-23(26)32-19-13-11-18(12-14-19)27-20(29)15-31-24-28-21(16-7-3-1-4-8-16)22(30-24)17-9-5-2-6-10-17/h1-14,23H,15H2,(H,27,29). The van der Waals surface area contributed by atoms with E-state index < -0.39 is 5.76 Å². The maximum absolute atomic E-state index is 12.4. The number of thioether (sulfide) groups is 2. The van der Waals surface area contributed by atoms with Crippen LogP contribution >= 0.6 is 23.5 Å². The number of halogens is 2. The average Bonchev–Trinajstić information content (AvgIpc) is 3.24. The highest BCUT2D eigenvalue weighted by Gasteiger charge is 2.18. The van der Waals surface area contributed by atoms with E-state index in [2.05, 4.69) is 10.3 Å². The zero-order valence-electron chi connectivity index (χ0n) is 16.7. The summed E-state index contributed by atoms with van der Waals surface area (Å²) in [7, 11) is 0. The minimum atomic E-state index is -2.48. The van der Waals surface area contributed by atoms with Gasteiger partial charge in [-0.2, -0.15) is 8.78 Å². The van der Waals surface area contributed by atoms with Crippen LogP contribution in [0.4, 0.5) is 14.5 Å². The Morgan fingerprint density at radius 2 is 1.53 bits per heavy atom. The third-order valence-corrected chi connectivity index (χ3v) is 5.93. The summed E-state index contributed by atoms with van der Waals surface area (Å²) < 4.78 is 30.8. The minimum Gasteiger partial charge on any atom is -0.431 e. The van der Waals surface area contributed by atoms with Gasteiger partial charge in [0.05, 0.1) is 5.75 Å². The summed E-state index contributed by atoms with van der Waals surface area (Å²) in [6, 6.07) is 25.7. The second-order valence-electron chi connectivity index (χ2n) is 6.63. The molecule has 0 saturated carbocycles. The van der Waals surface area contributed by atoms with Crippen molar-refractivity contribution in [2.24, 2.45) is 0 Å². The van der Waals surface area contributed by atoms with Crippen molar-refractivity contribution in [1.29, 1.82) is 0 Å². The molecule has 0 bridgehead atoms. The summed E-state index contributed by atoms with van der Waals surface area (Å²) in [5.74, 6) is -1.98. The topological polar surface area (TPSA) is 55.1 Å². The van der Waals surface area contributed by atoms with Gasteiger partial charge in [0.25, 0.3) is 11.0 Å². The molecular formula is C24H18F2N2O2S2. The van der Waals surface area contributed by atoms with Crippen LogP contribution in [0.1, 0.15) is 0 Å². The van der Waals surface area contributed by atoms with Gasteiger partial charge in [-0.1, -0.05) is 84.2 Å². The highest BCUT2D eigenvalue weighted by atomic mass is 32.2. The first-order valence-corrected chi connectivity index (χ1v) is 11.5. The Bertz CT molecular complexity index is 1110. The highest BCUT2D eigenvalue weighted by molar-refractivity contribution is 7.99. The van der Waals surface area contributed by atoms with E-state index in [9.17, 15) is 13.6 Å². The molecule has 0 unspecified atom stereocenters. The van der Waals surface area contributed by atoms with Crippen LogP contribution in [0.25, 0.3) is 22.6 Å². The van der Waals surface area contributed by atoms with Crippen molar-refractivity contribution in [3.05, 3.63) is 84.9 Å². The molecule has 0 atom stereocenters. The fraction of sp³-hybridized carbons (Fsp3) is 0.0833. The van der Waals surface area contributed by atoms with Crippen LogP contribution in [0, 0.1) is 0 Å². The molecule has 0 spiro atoms. The normalized spacial score (nSPS) is 11.0. The van der Waals surface area contributed by atoms with E-state index in [4.69, 9.17) is 4.42 Å². The predicted molar refractivity (Wildman–Crippen MR) is 125 cm³/mol. The molecule has 4 aromatic rings. The number of nitrogens with one attached hydrogen (secondary N) is 1. The van der Waals surface area contributed by atoms with Crippen LogP contribution in [-0.2, 0) is 4.79 Å². The van der Waals surface area contributed by atoms with Gasteiger partial charge >= 0.3 is 0 Å². The molecule has 4 nitrogen and oxygen atoms in total. The number of rotatable bonds is 8. The number of amides is 1. The fourth-order valence-corrected chi connectivity index (χ4v) is 4.11. The van der Waals surface area contributed by atoms with Crippen molar-refractivity contribution in [3.63, 3.8) is 0 Å². The van der Waals surface area contributed by atoms with E-state index in [1.54, 1.807) is 24.3 Å². The summed E-state index contributed by atoms with van der Waals surface area (Å²) in [5, 5.41) is 3.14. The first kappa shape index (κ1) is 22.1. The van der Waals surface area contributed by atoms with E-state index in [0.717, 1.165) is 11.1 Å². The van der Waals surface area contributed by atoms with Crippen molar-refractivity contribution in [2.75, 3.05) is 11.1 Å². The van der Waals surface area contributed by atoms with E-state index in [-0.39, 0.29) is 11.7 Å². The van der Waals surface area contributed by atoms with E-state index >= 15 is 0 Å². The van der Waals surface area contributed by atoms with Gasteiger partial charge in [0.2, 0.25) is 5.91 Å². The lowest BCUT2D eigenvalue weighted by Crippen LogP contribution is -2.13. The second kappa shape index (κ2) is 10.5. The van der Waals surface area contributed by atoms with Crippen LogP contribution in [0.3, 0.4) is 0 Å². The number of carbonyl (C=O) groups excluding carboxylic acids is 1. The van der Waals surface area contributed by atoms with Gasteiger partial charge in [-0.3, -0.25) is 4.79 Å². The average molecular weight is 469 g/mol. The Labute approximate surface area is 192 Å². The summed E-state index contributed by atoms with van der Waals surface area (Å²) in [6.45, 7) is 0. The second-order valence-corrected chi connectivity index (χ2v) is 8.62. The van der Waals surface area contributed by atoms with Crippen molar-refractivity contribution < 1.29 is 18.0 Å². The number of carbonyl (C=O) groups is 1. The van der Waals surface area contributed by atoms with Gasteiger partial charge in [-0.05, 0) is 24.3 Å². The monoisotopic (exact) mass is 468 g/mol. The lowest BCUT2D eigenvalue weighted by atomic mass is 10.1. The van der Waals surface area contributed by atoms with Crippen LogP contribution in [0.2, 0.25) is 0 Å². The third-order valence-electron chi connectivity index (χ3n) is 4.38. The lowest BCUT2D eigenvalue weighted by Gasteiger charge is -2.05. The summed E-state index contributed by atoms with van der Waals surface area (Å²) in [6.07, 6.45) is 0. The Kier molecular flexibility index (Phi) is 7.24. The van der Waals surface area contributed by atoms with Crippen molar-refractivity contribution in [2.45, 2.75) is 15.9 Å². The zero-order valence-corrected chi connectivity index (χ0v) is 18.3. The molecule has 162 valence electrons. The molecular weight excluding hydrogens is 450 g/mol. The summed E-state index contributed by atoms with van der Waals surface area (Å²) in [5.41, 5.74) is 3.08. The number of aromatic nitrogens is 1. The number of benzene rings is 3. The van der Waals surface area contributed by atoms with Gasteiger partial charge in [0.15, 0.2) is 5.76 Å². The molecule has 3 aromatic carbocycles. The Hall–Kier alpha value is -3.10. The molecule has 32 heavy (non-hydrogen) atoms. The number of alkyl halides is 2. The zero-order chi connectivity index (χ0) is 22.3. The smallest absolute Gasteiger partial charge is 0.288 e. The number of hydrogen-bond acceptors (Lipinski definition) is 5. The molecule has 0 aliphatic carbocycles. The summed E-state index contributed by atoms with van der Waals surface area (Å²) in [4.78, 5) is 17.4. The quantitative estimate of drug-likeness (QED) is 0.281. The highest BCUT2D eigenvalue weighted by Crippen LogP contribution is 2.35.